The number of anilines is 1. The standard InChI is InChI=1S/C14H12FNO2/c1-18-11-8-7-10(13(16)12(11)15)14(17)9-5-3-2-4-6-9/h2-8H,16H2,1H3. The van der Waals surface area contributed by atoms with Gasteiger partial charge in [-0.2, -0.15) is 0 Å². The minimum absolute atomic E-state index is 0.0251. The Balaban J connectivity index is 2.47. The van der Waals surface area contributed by atoms with Gasteiger partial charge in [0.25, 0.3) is 0 Å². The molecule has 0 saturated heterocycles. The second kappa shape index (κ2) is 4.87. The number of rotatable bonds is 3. The summed E-state index contributed by atoms with van der Waals surface area (Å²) in [6.45, 7) is 0. The van der Waals surface area contributed by atoms with E-state index in [1.807, 2.05) is 0 Å². The minimum Gasteiger partial charge on any atom is -0.494 e. The topological polar surface area (TPSA) is 52.3 Å². The third kappa shape index (κ3) is 2.05. The molecule has 0 saturated carbocycles. The van der Waals surface area contributed by atoms with Crippen molar-refractivity contribution in [3.63, 3.8) is 0 Å². The van der Waals surface area contributed by atoms with E-state index in [4.69, 9.17) is 10.5 Å². The van der Waals surface area contributed by atoms with Gasteiger partial charge >= 0.3 is 0 Å². The van der Waals surface area contributed by atoms with Crippen molar-refractivity contribution in [2.45, 2.75) is 0 Å². The highest BCUT2D eigenvalue weighted by Crippen LogP contribution is 2.27. The van der Waals surface area contributed by atoms with Crippen LogP contribution in [0.3, 0.4) is 0 Å². The molecule has 0 amide bonds. The summed E-state index contributed by atoms with van der Waals surface area (Å²) in [7, 11) is 1.34. The van der Waals surface area contributed by atoms with E-state index in [0.29, 0.717) is 5.56 Å². The van der Waals surface area contributed by atoms with E-state index in [2.05, 4.69) is 0 Å². The molecule has 0 aliphatic rings. The predicted octanol–water partition coefficient (Wildman–Crippen LogP) is 2.65. The molecule has 0 unspecified atom stereocenters. The molecule has 18 heavy (non-hydrogen) atoms. The first-order chi connectivity index (χ1) is 8.65. The van der Waals surface area contributed by atoms with Crippen molar-refractivity contribution in [1.29, 1.82) is 0 Å². The van der Waals surface area contributed by atoms with Crippen molar-refractivity contribution in [1.82, 2.24) is 0 Å². The van der Waals surface area contributed by atoms with Crippen molar-refractivity contribution in [3.05, 3.63) is 59.4 Å². The highest BCUT2D eigenvalue weighted by Gasteiger charge is 2.17. The summed E-state index contributed by atoms with van der Waals surface area (Å²) in [5.74, 6) is -0.994. The molecule has 4 heteroatoms. The molecule has 0 aromatic heterocycles. The van der Waals surface area contributed by atoms with Crippen LogP contribution < -0.4 is 10.5 Å². The molecule has 2 aromatic rings. The molecular formula is C14H12FNO2. The molecular weight excluding hydrogens is 233 g/mol. The Labute approximate surface area is 104 Å². The van der Waals surface area contributed by atoms with Gasteiger partial charge in [0.1, 0.15) is 0 Å². The molecule has 0 radical (unpaired) electrons. The molecule has 2 rings (SSSR count). The number of halogens is 1. The third-order valence-corrected chi connectivity index (χ3v) is 2.64. The maximum atomic E-state index is 13.7. The van der Waals surface area contributed by atoms with E-state index >= 15 is 0 Å². The van der Waals surface area contributed by atoms with E-state index in [1.165, 1.54) is 19.2 Å². The first kappa shape index (κ1) is 12.1. The second-order valence-electron chi connectivity index (χ2n) is 3.74. The summed E-state index contributed by atoms with van der Waals surface area (Å²) in [6, 6.07) is 11.4. The van der Waals surface area contributed by atoms with Crippen LogP contribution in [-0.4, -0.2) is 12.9 Å². The minimum atomic E-state index is -0.709. The molecule has 0 atom stereocenters. The number of hydrogen-bond donors (Lipinski definition) is 1. The first-order valence-corrected chi connectivity index (χ1v) is 5.37. The maximum absolute atomic E-state index is 13.7. The Hall–Kier alpha value is -2.36. The second-order valence-corrected chi connectivity index (χ2v) is 3.74. The summed E-state index contributed by atoms with van der Waals surface area (Å²) >= 11 is 0. The number of methoxy groups -OCH3 is 1. The summed E-state index contributed by atoms with van der Waals surface area (Å²) in [6.07, 6.45) is 0. The summed E-state index contributed by atoms with van der Waals surface area (Å²) in [4.78, 5) is 12.1. The van der Waals surface area contributed by atoms with Crippen molar-refractivity contribution in [2.24, 2.45) is 0 Å². The van der Waals surface area contributed by atoms with Gasteiger partial charge in [0.05, 0.1) is 12.8 Å². The van der Waals surface area contributed by atoms with Crippen LogP contribution in [-0.2, 0) is 0 Å². The number of ketones is 1. The largest absolute Gasteiger partial charge is 0.494 e. The number of carbonyl (C=O) groups is 1. The Morgan fingerprint density at radius 1 is 1.17 bits per heavy atom. The van der Waals surface area contributed by atoms with Gasteiger partial charge < -0.3 is 10.5 Å². The van der Waals surface area contributed by atoms with Crippen LogP contribution in [0.25, 0.3) is 0 Å². The quantitative estimate of drug-likeness (QED) is 0.668. The van der Waals surface area contributed by atoms with Crippen LogP contribution in [0.2, 0.25) is 0 Å². The highest BCUT2D eigenvalue weighted by molar-refractivity contribution is 6.12. The van der Waals surface area contributed by atoms with Gasteiger partial charge in [0.2, 0.25) is 0 Å². The fourth-order valence-corrected chi connectivity index (χ4v) is 1.67. The fraction of sp³-hybridized carbons (Fsp3) is 0.0714. The van der Waals surface area contributed by atoms with Gasteiger partial charge in [-0.05, 0) is 12.1 Å². The third-order valence-electron chi connectivity index (χ3n) is 2.64. The van der Waals surface area contributed by atoms with Crippen molar-refractivity contribution >= 4 is 11.5 Å². The molecule has 0 aliphatic heterocycles. The Morgan fingerprint density at radius 3 is 2.44 bits per heavy atom. The van der Waals surface area contributed by atoms with E-state index in [0.717, 1.165) is 0 Å². The Bertz CT molecular complexity index is 582. The molecule has 0 aliphatic carbocycles. The smallest absolute Gasteiger partial charge is 0.195 e. The average Bonchev–Trinajstić information content (AvgIpc) is 2.42. The van der Waals surface area contributed by atoms with Crippen molar-refractivity contribution in [2.75, 3.05) is 12.8 Å². The monoisotopic (exact) mass is 245 g/mol. The number of ether oxygens (including phenoxy) is 1. The first-order valence-electron chi connectivity index (χ1n) is 5.37. The Morgan fingerprint density at radius 2 is 1.83 bits per heavy atom. The van der Waals surface area contributed by atoms with Crippen LogP contribution >= 0.6 is 0 Å². The summed E-state index contributed by atoms with van der Waals surface area (Å²) < 4.78 is 18.5. The van der Waals surface area contributed by atoms with Crippen LogP contribution in [0.5, 0.6) is 5.75 Å². The fourth-order valence-electron chi connectivity index (χ4n) is 1.67. The van der Waals surface area contributed by atoms with Crippen molar-refractivity contribution < 1.29 is 13.9 Å². The zero-order chi connectivity index (χ0) is 13.1. The lowest BCUT2D eigenvalue weighted by molar-refractivity contribution is 0.103. The lowest BCUT2D eigenvalue weighted by Crippen LogP contribution is -2.07. The van der Waals surface area contributed by atoms with Crippen molar-refractivity contribution in [3.8, 4) is 5.75 Å². The van der Waals surface area contributed by atoms with Crippen LogP contribution in [0, 0.1) is 5.82 Å². The lowest BCUT2D eigenvalue weighted by atomic mass is 10.0. The molecule has 0 bridgehead atoms. The number of carbonyl (C=O) groups excluding carboxylic acids is 1. The molecule has 2 aromatic carbocycles. The van der Waals surface area contributed by atoms with E-state index in [1.54, 1.807) is 30.3 Å². The number of benzene rings is 2. The van der Waals surface area contributed by atoms with Gasteiger partial charge in [-0.15, -0.1) is 0 Å². The zero-order valence-electron chi connectivity index (χ0n) is 9.81. The number of hydrogen-bond acceptors (Lipinski definition) is 3. The van der Waals surface area contributed by atoms with Gasteiger partial charge in [-0.25, -0.2) is 4.39 Å². The zero-order valence-corrected chi connectivity index (χ0v) is 9.81. The van der Waals surface area contributed by atoms with Gasteiger partial charge in [0, 0.05) is 11.1 Å². The summed E-state index contributed by atoms with van der Waals surface area (Å²) in [5, 5.41) is 0. The number of nitrogens with two attached hydrogens (primary N) is 1. The number of nitrogen functional groups attached to an aromatic ring is 1. The van der Waals surface area contributed by atoms with Gasteiger partial charge in [-0.3, -0.25) is 4.79 Å². The molecule has 2 N–H and O–H groups in total. The normalized spacial score (nSPS) is 10.1. The summed E-state index contributed by atoms with van der Waals surface area (Å²) in [5.41, 5.74) is 6.03. The maximum Gasteiger partial charge on any atom is 0.195 e. The predicted molar refractivity (Wildman–Crippen MR) is 67.2 cm³/mol. The Kier molecular flexibility index (Phi) is 3.28. The molecule has 0 heterocycles. The average molecular weight is 245 g/mol. The van der Waals surface area contributed by atoms with E-state index in [-0.39, 0.29) is 22.8 Å². The van der Waals surface area contributed by atoms with E-state index in [9.17, 15) is 9.18 Å². The van der Waals surface area contributed by atoms with Gasteiger partial charge in [0.15, 0.2) is 17.3 Å². The SMILES string of the molecule is COc1ccc(C(=O)c2ccccc2)c(N)c1F. The molecule has 0 spiro atoms. The molecule has 3 nitrogen and oxygen atoms in total. The molecule has 92 valence electrons. The van der Waals surface area contributed by atoms with Gasteiger partial charge in [-0.1, -0.05) is 30.3 Å². The lowest BCUT2D eigenvalue weighted by Gasteiger charge is -2.09. The van der Waals surface area contributed by atoms with E-state index < -0.39 is 5.82 Å². The van der Waals surface area contributed by atoms with Crippen LogP contribution in [0.15, 0.2) is 42.5 Å². The highest BCUT2D eigenvalue weighted by atomic mass is 19.1. The molecule has 0 fully saturated rings. The van der Waals surface area contributed by atoms with Crippen LogP contribution in [0.1, 0.15) is 15.9 Å². The van der Waals surface area contributed by atoms with Crippen LogP contribution in [0.4, 0.5) is 10.1 Å².